The van der Waals surface area contributed by atoms with Gasteiger partial charge in [0.05, 0.1) is 0 Å². The molecule has 4 N–H and O–H groups in total. The average molecular weight is 282 g/mol. The quantitative estimate of drug-likeness (QED) is 0.646. The molecule has 5 heteroatoms. The number of nitrogens with one attached hydrogen (secondary N) is 1. The van der Waals surface area contributed by atoms with E-state index in [0.717, 1.165) is 19.3 Å². The molecular formula is C15H26N2O3. The number of hydrogen-bond acceptors (Lipinski definition) is 3. The van der Waals surface area contributed by atoms with E-state index < -0.39 is 11.5 Å². The van der Waals surface area contributed by atoms with Crippen LogP contribution in [0.25, 0.3) is 0 Å². The Bertz CT molecular complexity index is 395. The number of allylic oxidation sites excluding steroid dienone is 1. The Morgan fingerprint density at radius 1 is 1.45 bits per heavy atom. The molecule has 114 valence electrons. The molecule has 0 bridgehead atoms. The van der Waals surface area contributed by atoms with E-state index in [9.17, 15) is 14.7 Å². The van der Waals surface area contributed by atoms with Gasteiger partial charge in [-0.3, -0.25) is 4.79 Å². The number of unbranched alkanes of at least 4 members (excludes halogenated alkanes) is 1. The Balaban J connectivity index is 3.16. The molecule has 0 radical (unpaired) electrons. The first kappa shape index (κ1) is 16.7. The van der Waals surface area contributed by atoms with Crippen molar-refractivity contribution in [1.82, 2.24) is 5.32 Å². The van der Waals surface area contributed by atoms with Crippen molar-refractivity contribution in [2.45, 2.75) is 58.0 Å². The van der Waals surface area contributed by atoms with Gasteiger partial charge < -0.3 is 16.2 Å². The molecule has 1 rings (SSSR count). The van der Waals surface area contributed by atoms with Crippen LogP contribution >= 0.6 is 0 Å². The molecule has 1 saturated carbocycles. The highest BCUT2D eigenvalue weighted by Crippen LogP contribution is 2.42. The summed E-state index contributed by atoms with van der Waals surface area (Å²) in [4.78, 5) is 23.3. The Morgan fingerprint density at radius 3 is 2.55 bits per heavy atom. The van der Waals surface area contributed by atoms with Crippen molar-refractivity contribution in [3.05, 3.63) is 12.2 Å². The summed E-state index contributed by atoms with van der Waals surface area (Å²) >= 11 is 0. The first-order valence-electron chi connectivity index (χ1n) is 7.33. The second-order valence-corrected chi connectivity index (χ2v) is 5.64. The minimum atomic E-state index is -1.27. The lowest BCUT2D eigenvalue weighted by Gasteiger charge is -2.32. The molecule has 5 nitrogen and oxygen atoms in total. The minimum Gasteiger partial charge on any atom is -0.479 e. The van der Waals surface area contributed by atoms with Crippen LogP contribution in [0.4, 0.5) is 0 Å². The van der Waals surface area contributed by atoms with E-state index in [0.29, 0.717) is 0 Å². The van der Waals surface area contributed by atoms with Gasteiger partial charge in [-0.1, -0.05) is 38.8 Å². The SMILES string of the molecule is CCCC=CC1[C@@H](CC)[C@H](N)CC1(NC(C)=O)C(=O)O. The summed E-state index contributed by atoms with van der Waals surface area (Å²) in [6.45, 7) is 5.43. The topological polar surface area (TPSA) is 92.4 Å². The van der Waals surface area contributed by atoms with Crippen LogP contribution in [0.1, 0.15) is 46.5 Å². The van der Waals surface area contributed by atoms with Gasteiger partial charge in [-0.2, -0.15) is 0 Å². The van der Waals surface area contributed by atoms with Crippen LogP contribution in [0.2, 0.25) is 0 Å². The van der Waals surface area contributed by atoms with E-state index in [2.05, 4.69) is 12.2 Å². The molecule has 1 amide bonds. The summed E-state index contributed by atoms with van der Waals surface area (Å²) in [6, 6.07) is -0.209. The first-order valence-corrected chi connectivity index (χ1v) is 7.33. The highest BCUT2D eigenvalue weighted by Gasteiger charge is 2.56. The van der Waals surface area contributed by atoms with Gasteiger partial charge in [-0.25, -0.2) is 4.79 Å². The summed E-state index contributed by atoms with van der Waals surface area (Å²) in [7, 11) is 0. The molecule has 0 heterocycles. The lowest BCUT2D eigenvalue weighted by atomic mass is 9.81. The van der Waals surface area contributed by atoms with E-state index in [-0.39, 0.29) is 30.2 Å². The molecule has 20 heavy (non-hydrogen) atoms. The number of aliphatic carboxylic acids is 1. The molecule has 0 aromatic carbocycles. The third-order valence-electron chi connectivity index (χ3n) is 4.19. The zero-order valence-electron chi connectivity index (χ0n) is 12.6. The zero-order valence-corrected chi connectivity index (χ0v) is 12.6. The molecule has 1 aliphatic carbocycles. The molecule has 0 aromatic heterocycles. The largest absolute Gasteiger partial charge is 0.479 e. The van der Waals surface area contributed by atoms with Gasteiger partial charge in [0.2, 0.25) is 5.91 Å². The molecule has 0 aliphatic heterocycles. The van der Waals surface area contributed by atoms with E-state index in [1.54, 1.807) is 0 Å². The van der Waals surface area contributed by atoms with E-state index >= 15 is 0 Å². The highest BCUT2D eigenvalue weighted by molar-refractivity contribution is 5.87. The molecular weight excluding hydrogens is 256 g/mol. The maximum Gasteiger partial charge on any atom is 0.330 e. The summed E-state index contributed by atoms with van der Waals surface area (Å²) in [6.07, 6.45) is 6.93. The van der Waals surface area contributed by atoms with E-state index in [1.807, 2.05) is 19.1 Å². The van der Waals surface area contributed by atoms with Gasteiger partial charge in [-0.05, 0) is 18.8 Å². The first-order chi connectivity index (χ1) is 9.39. The average Bonchev–Trinajstić information content (AvgIpc) is 2.62. The lowest BCUT2D eigenvalue weighted by Crippen LogP contribution is -2.57. The predicted molar refractivity (Wildman–Crippen MR) is 78.1 cm³/mol. The number of nitrogens with two attached hydrogens (primary N) is 1. The van der Waals surface area contributed by atoms with Gasteiger partial charge in [0.1, 0.15) is 5.54 Å². The van der Waals surface area contributed by atoms with Crippen LogP contribution in [0, 0.1) is 11.8 Å². The normalized spacial score (nSPS) is 33.5. The molecule has 0 spiro atoms. The fraction of sp³-hybridized carbons (Fsp3) is 0.733. The van der Waals surface area contributed by atoms with Crippen LogP contribution in [0.5, 0.6) is 0 Å². The van der Waals surface area contributed by atoms with Gasteiger partial charge in [0, 0.05) is 18.9 Å². The van der Waals surface area contributed by atoms with Crippen molar-refractivity contribution in [2.75, 3.05) is 0 Å². The summed E-state index contributed by atoms with van der Waals surface area (Å²) in [5, 5.41) is 12.3. The van der Waals surface area contributed by atoms with Crippen LogP contribution in [-0.4, -0.2) is 28.6 Å². The molecule has 1 fully saturated rings. The zero-order chi connectivity index (χ0) is 15.3. The van der Waals surface area contributed by atoms with Crippen molar-refractivity contribution in [1.29, 1.82) is 0 Å². The van der Waals surface area contributed by atoms with Gasteiger partial charge in [0.25, 0.3) is 0 Å². The molecule has 0 aromatic rings. The van der Waals surface area contributed by atoms with Crippen LogP contribution in [-0.2, 0) is 9.59 Å². The molecule has 1 aliphatic rings. The molecule has 2 unspecified atom stereocenters. The second-order valence-electron chi connectivity index (χ2n) is 5.64. The van der Waals surface area contributed by atoms with Crippen LogP contribution < -0.4 is 11.1 Å². The predicted octanol–water partition coefficient (Wildman–Crippen LogP) is 1.68. The van der Waals surface area contributed by atoms with E-state index in [1.165, 1.54) is 6.92 Å². The summed E-state index contributed by atoms with van der Waals surface area (Å²) in [5.41, 5.74) is 4.86. The van der Waals surface area contributed by atoms with Crippen LogP contribution in [0.15, 0.2) is 12.2 Å². The Kier molecular flexibility index (Phi) is 5.74. The number of rotatable bonds is 6. The Morgan fingerprint density at radius 2 is 2.10 bits per heavy atom. The smallest absolute Gasteiger partial charge is 0.330 e. The maximum atomic E-state index is 11.8. The van der Waals surface area contributed by atoms with Gasteiger partial charge in [-0.15, -0.1) is 0 Å². The lowest BCUT2D eigenvalue weighted by molar-refractivity contribution is -0.148. The number of amides is 1. The fourth-order valence-corrected chi connectivity index (χ4v) is 3.30. The van der Waals surface area contributed by atoms with Crippen molar-refractivity contribution in [2.24, 2.45) is 17.6 Å². The second kappa shape index (κ2) is 6.88. The van der Waals surface area contributed by atoms with Crippen molar-refractivity contribution >= 4 is 11.9 Å². The van der Waals surface area contributed by atoms with Crippen molar-refractivity contribution in [3.8, 4) is 0 Å². The number of carboxylic acid groups (broad SMARTS) is 1. The third-order valence-corrected chi connectivity index (χ3v) is 4.19. The minimum absolute atomic E-state index is 0.0751. The van der Waals surface area contributed by atoms with Crippen molar-refractivity contribution in [3.63, 3.8) is 0 Å². The Labute approximate surface area is 120 Å². The van der Waals surface area contributed by atoms with Crippen molar-refractivity contribution < 1.29 is 14.7 Å². The molecule has 0 saturated heterocycles. The number of carbonyl (C=O) groups is 2. The highest BCUT2D eigenvalue weighted by atomic mass is 16.4. The van der Waals surface area contributed by atoms with Gasteiger partial charge in [0.15, 0.2) is 0 Å². The van der Waals surface area contributed by atoms with Gasteiger partial charge >= 0.3 is 5.97 Å². The fourth-order valence-electron chi connectivity index (χ4n) is 3.30. The third kappa shape index (κ3) is 3.20. The molecule has 4 atom stereocenters. The Hall–Kier alpha value is -1.36. The summed E-state index contributed by atoms with van der Waals surface area (Å²) in [5.74, 6) is -1.50. The number of carboxylic acids is 1. The standard InChI is InChI=1S/C15H26N2O3/c1-4-6-7-8-12-11(5-2)13(16)9-15(12,14(19)20)17-10(3)18/h7-8,11-13H,4-6,9,16H2,1-3H3,(H,17,18)(H,19,20)/t11-,12?,13-,15?/m1/s1. The monoisotopic (exact) mass is 282 g/mol. The van der Waals surface area contributed by atoms with Crippen LogP contribution in [0.3, 0.4) is 0 Å². The van der Waals surface area contributed by atoms with E-state index in [4.69, 9.17) is 5.73 Å². The maximum absolute atomic E-state index is 11.8. The number of carbonyl (C=O) groups excluding carboxylic acids is 1. The summed E-state index contributed by atoms with van der Waals surface area (Å²) < 4.78 is 0. The number of hydrogen-bond donors (Lipinski definition) is 3.